The number of halogens is 1. The van der Waals surface area contributed by atoms with Crippen molar-refractivity contribution in [2.24, 2.45) is 5.10 Å². The standard InChI is InChI=1S/C20H27ClN6O3/c1-12-13(2)27-16-17(22-19(27)26(23-12)8-9-30-4)24(3)20(29)25(18(16)28)11-14-6-5-7-15(21)10-14/h5-7,10,13,16-17,19,22H,8-9,11H2,1-4H3. The second-order valence-electron chi connectivity index (χ2n) is 7.90. The Morgan fingerprint density at radius 3 is 2.77 bits per heavy atom. The first-order valence-corrected chi connectivity index (χ1v) is 10.4. The lowest BCUT2D eigenvalue weighted by Gasteiger charge is -2.45. The maximum Gasteiger partial charge on any atom is 0.328 e. The summed E-state index contributed by atoms with van der Waals surface area (Å²) in [5.41, 5.74) is 1.73. The molecular formula is C20H27ClN6O3. The largest absolute Gasteiger partial charge is 0.383 e. The van der Waals surface area contributed by atoms with Gasteiger partial charge in [-0.3, -0.25) is 20.0 Å². The van der Waals surface area contributed by atoms with Gasteiger partial charge in [0.15, 0.2) is 6.29 Å². The Hall–Kier alpha value is -2.20. The van der Waals surface area contributed by atoms with E-state index in [1.807, 2.05) is 31.0 Å². The fourth-order valence-electron chi connectivity index (χ4n) is 4.36. The molecule has 1 aromatic carbocycles. The molecule has 1 N–H and O–H groups in total. The third-order valence-electron chi connectivity index (χ3n) is 6.07. The van der Waals surface area contributed by atoms with E-state index >= 15 is 0 Å². The first-order chi connectivity index (χ1) is 14.3. The fourth-order valence-corrected chi connectivity index (χ4v) is 4.58. The SMILES string of the molecule is COCCN1N=C(C)C(C)N2C3C(=O)N(Cc4cccc(Cl)c4)C(=O)N(C)C3NC12. The molecule has 10 heteroatoms. The summed E-state index contributed by atoms with van der Waals surface area (Å²) in [5, 5.41) is 10.6. The Morgan fingerprint density at radius 2 is 2.07 bits per heavy atom. The smallest absolute Gasteiger partial charge is 0.328 e. The van der Waals surface area contributed by atoms with Crippen molar-refractivity contribution in [3.05, 3.63) is 34.9 Å². The van der Waals surface area contributed by atoms with E-state index in [0.717, 1.165) is 11.3 Å². The molecule has 2 fully saturated rings. The van der Waals surface area contributed by atoms with Crippen molar-refractivity contribution in [3.8, 4) is 0 Å². The summed E-state index contributed by atoms with van der Waals surface area (Å²) in [6.45, 7) is 5.26. The second kappa shape index (κ2) is 8.14. The van der Waals surface area contributed by atoms with E-state index in [-0.39, 0.29) is 30.8 Å². The van der Waals surface area contributed by atoms with Gasteiger partial charge < -0.3 is 9.64 Å². The number of carbonyl (C=O) groups excluding carboxylic acids is 2. The molecule has 1 aromatic rings. The Bertz CT molecular complexity index is 880. The van der Waals surface area contributed by atoms with Crippen LogP contribution in [0.3, 0.4) is 0 Å². The van der Waals surface area contributed by atoms with Crippen molar-refractivity contribution in [1.82, 2.24) is 25.0 Å². The highest BCUT2D eigenvalue weighted by molar-refractivity contribution is 6.30. The van der Waals surface area contributed by atoms with Crippen LogP contribution < -0.4 is 5.32 Å². The summed E-state index contributed by atoms with van der Waals surface area (Å²) < 4.78 is 5.22. The molecule has 0 radical (unpaired) electrons. The number of nitrogens with one attached hydrogen (secondary N) is 1. The van der Waals surface area contributed by atoms with Crippen LogP contribution in [0.5, 0.6) is 0 Å². The van der Waals surface area contributed by atoms with Crippen molar-refractivity contribution in [2.45, 2.75) is 44.9 Å². The number of benzene rings is 1. The van der Waals surface area contributed by atoms with Gasteiger partial charge in [0.1, 0.15) is 12.2 Å². The molecule has 0 spiro atoms. The summed E-state index contributed by atoms with van der Waals surface area (Å²) in [6, 6.07) is 6.33. The van der Waals surface area contributed by atoms with Crippen LogP contribution in [0.4, 0.5) is 4.79 Å². The van der Waals surface area contributed by atoms with Gasteiger partial charge in [0, 0.05) is 19.2 Å². The van der Waals surface area contributed by atoms with Crippen LogP contribution >= 0.6 is 11.6 Å². The molecular weight excluding hydrogens is 408 g/mol. The zero-order valence-electron chi connectivity index (χ0n) is 17.6. The van der Waals surface area contributed by atoms with Crippen LogP contribution in [-0.4, -0.2) is 89.2 Å². The molecule has 0 saturated carbocycles. The Balaban J connectivity index is 1.64. The van der Waals surface area contributed by atoms with E-state index in [1.165, 1.54) is 4.90 Å². The minimum absolute atomic E-state index is 0.0464. The average molecular weight is 435 g/mol. The fraction of sp³-hybridized carbons (Fsp3) is 0.550. The molecule has 3 aliphatic rings. The number of hydrogen-bond acceptors (Lipinski definition) is 7. The van der Waals surface area contributed by atoms with E-state index in [4.69, 9.17) is 16.3 Å². The van der Waals surface area contributed by atoms with Gasteiger partial charge in [-0.1, -0.05) is 23.7 Å². The number of hydrazone groups is 1. The van der Waals surface area contributed by atoms with Gasteiger partial charge in [0.25, 0.3) is 5.91 Å². The van der Waals surface area contributed by atoms with Crippen molar-refractivity contribution < 1.29 is 14.3 Å². The molecule has 3 amide bonds. The molecule has 4 unspecified atom stereocenters. The number of fused-ring (bicyclic) bond motifs is 3. The van der Waals surface area contributed by atoms with Crippen molar-refractivity contribution >= 4 is 29.3 Å². The van der Waals surface area contributed by atoms with Gasteiger partial charge in [0.05, 0.1) is 31.4 Å². The number of nitrogens with zero attached hydrogens (tertiary/aromatic N) is 5. The highest BCUT2D eigenvalue weighted by Crippen LogP contribution is 2.33. The monoisotopic (exact) mass is 434 g/mol. The predicted octanol–water partition coefficient (Wildman–Crippen LogP) is 1.34. The van der Waals surface area contributed by atoms with Gasteiger partial charge in [-0.05, 0) is 31.5 Å². The quantitative estimate of drug-likeness (QED) is 0.753. The first kappa shape index (κ1) is 21.0. The molecule has 2 saturated heterocycles. The highest BCUT2D eigenvalue weighted by atomic mass is 35.5. The van der Waals surface area contributed by atoms with Gasteiger partial charge in [-0.25, -0.2) is 9.69 Å². The molecule has 4 atom stereocenters. The molecule has 0 aliphatic carbocycles. The molecule has 4 rings (SSSR count). The predicted molar refractivity (Wildman–Crippen MR) is 113 cm³/mol. The minimum atomic E-state index is -0.512. The Kier molecular flexibility index (Phi) is 5.71. The number of urea groups is 1. The first-order valence-electron chi connectivity index (χ1n) is 10.00. The lowest BCUT2D eigenvalue weighted by molar-refractivity contribution is -0.140. The van der Waals surface area contributed by atoms with E-state index in [2.05, 4.69) is 15.3 Å². The highest BCUT2D eigenvalue weighted by Gasteiger charge is 2.57. The minimum Gasteiger partial charge on any atom is -0.383 e. The normalized spacial score (nSPS) is 29.2. The van der Waals surface area contributed by atoms with Crippen molar-refractivity contribution in [1.29, 1.82) is 0 Å². The Morgan fingerprint density at radius 1 is 1.30 bits per heavy atom. The number of ether oxygens (including phenoxy) is 1. The maximum absolute atomic E-state index is 13.6. The van der Waals surface area contributed by atoms with Crippen molar-refractivity contribution in [3.63, 3.8) is 0 Å². The molecule has 9 nitrogen and oxygen atoms in total. The van der Waals surface area contributed by atoms with E-state index < -0.39 is 12.2 Å². The summed E-state index contributed by atoms with van der Waals surface area (Å²) in [7, 11) is 3.37. The van der Waals surface area contributed by atoms with Gasteiger partial charge in [0.2, 0.25) is 0 Å². The lowest BCUT2D eigenvalue weighted by atomic mass is 10.0. The van der Waals surface area contributed by atoms with Crippen LogP contribution in [0.15, 0.2) is 29.4 Å². The number of likely N-dealkylation sites (N-methyl/N-ethyl adjacent to an activating group) is 1. The number of carbonyl (C=O) groups is 2. The molecule has 0 bridgehead atoms. The average Bonchev–Trinajstić information content (AvgIpc) is 3.12. The summed E-state index contributed by atoms with van der Waals surface area (Å²) >= 11 is 6.09. The van der Waals surface area contributed by atoms with Gasteiger partial charge in [-0.15, -0.1) is 0 Å². The number of amides is 3. The van der Waals surface area contributed by atoms with Crippen molar-refractivity contribution in [2.75, 3.05) is 27.3 Å². The third kappa shape index (κ3) is 3.45. The van der Waals surface area contributed by atoms with Crippen LogP contribution in [-0.2, 0) is 16.1 Å². The topological polar surface area (TPSA) is 80.7 Å². The van der Waals surface area contributed by atoms with Gasteiger partial charge >= 0.3 is 6.03 Å². The van der Waals surface area contributed by atoms with Crippen LogP contribution in [0.2, 0.25) is 5.02 Å². The van der Waals surface area contributed by atoms with E-state index in [9.17, 15) is 9.59 Å². The maximum atomic E-state index is 13.6. The number of rotatable bonds is 5. The number of imide groups is 1. The second-order valence-corrected chi connectivity index (χ2v) is 8.33. The number of methoxy groups -OCH3 is 1. The molecule has 3 aliphatic heterocycles. The summed E-state index contributed by atoms with van der Waals surface area (Å²) in [6.07, 6.45) is -0.724. The zero-order chi connectivity index (χ0) is 21.6. The summed E-state index contributed by atoms with van der Waals surface area (Å²) in [5.74, 6) is -0.216. The lowest BCUT2D eigenvalue weighted by Crippen LogP contribution is -2.67. The molecule has 3 heterocycles. The molecule has 30 heavy (non-hydrogen) atoms. The molecule has 0 aromatic heterocycles. The number of hydrogen-bond donors (Lipinski definition) is 1. The zero-order valence-corrected chi connectivity index (χ0v) is 18.3. The van der Waals surface area contributed by atoms with E-state index in [0.29, 0.717) is 18.2 Å². The Labute approximate surface area is 181 Å². The third-order valence-corrected chi connectivity index (χ3v) is 6.30. The van der Waals surface area contributed by atoms with Crippen LogP contribution in [0.1, 0.15) is 19.4 Å². The van der Waals surface area contributed by atoms with E-state index in [1.54, 1.807) is 31.2 Å². The molecule has 162 valence electrons. The van der Waals surface area contributed by atoms with Crippen LogP contribution in [0.25, 0.3) is 0 Å². The van der Waals surface area contributed by atoms with Crippen LogP contribution in [0, 0.1) is 0 Å². The van der Waals surface area contributed by atoms with Gasteiger partial charge in [-0.2, -0.15) is 5.10 Å². The summed E-state index contributed by atoms with van der Waals surface area (Å²) in [4.78, 5) is 31.6.